The normalized spacial score (nSPS) is 18.4. The molecule has 1 aliphatic heterocycles. The number of allylic oxidation sites excluding steroid dienone is 6. The molecule has 0 saturated heterocycles. The summed E-state index contributed by atoms with van der Waals surface area (Å²) in [4.78, 5) is 2.61. The predicted molar refractivity (Wildman–Crippen MR) is 249 cm³/mol. The van der Waals surface area contributed by atoms with Crippen molar-refractivity contribution < 1.29 is 0 Å². The quantitative estimate of drug-likeness (QED) is 0.170. The molecule has 0 fully saturated rings. The van der Waals surface area contributed by atoms with Gasteiger partial charge in [0.15, 0.2) is 0 Å². The molecule has 12 rings (SSSR count). The largest absolute Gasteiger partial charge is 0.333 e. The lowest BCUT2D eigenvalue weighted by atomic mass is 9.82. The zero-order valence-electron chi connectivity index (χ0n) is 33.4. The van der Waals surface area contributed by atoms with Crippen LogP contribution in [0.2, 0.25) is 0 Å². The zero-order valence-corrected chi connectivity index (χ0v) is 33.4. The fraction of sp³-hybridized carbons (Fsp3) is 0.123. The van der Waals surface area contributed by atoms with Gasteiger partial charge in [-0.3, -0.25) is 0 Å². The summed E-state index contributed by atoms with van der Waals surface area (Å²) in [6.45, 7) is 4.77. The number of fused-ring (bicyclic) bond motifs is 9. The predicted octanol–water partition coefficient (Wildman–Crippen LogP) is 14.9. The summed E-state index contributed by atoms with van der Waals surface area (Å²) in [5, 5.41) is 2.55. The number of hydrogen-bond donors (Lipinski definition) is 0. The average Bonchev–Trinajstić information content (AvgIpc) is 3.88. The highest BCUT2D eigenvalue weighted by Gasteiger charge is 2.41. The first-order valence-electron chi connectivity index (χ1n) is 21.1. The van der Waals surface area contributed by atoms with E-state index in [-0.39, 0.29) is 5.41 Å². The molecule has 3 aliphatic carbocycles. The van der Waals surface area contributed by atoms with Gasteiger partial charge in [-0.15, -0.1) is 0 Å². The molecule has 0 amide bonds. The van der Waals surface area contributed by atoms with Gasteiger partial charge in [0.2, 0.25) is 0 Å². The fourth-order valence-corrected chi connectivity index (χ4v) is 10.6. The number of benzene rings is 7. The first kappa shape index (κ1) is 34.2. The third-order valence-electron chi connectivity index (χ3n) is 13.6. The Bertz CT molecular complexity index is 3020. The summed E-state index contributed by atoms with van der Waals surface area (Å²) < 4.78 is 2.47. The van der Waals surface area contributed by atoms with Crippen LogP contribution in [0.15, 0.2) is 194 Å². The molecule has 8 aromatic rings. The lowest BCUT2D eigenvalue weighted by molar-refractivity contribution is 0.660. The van der Waals surface area contributed by atoms with E-state index in [1.54, 1.807) is 0 Å². The van der Waals surface area contributed by atoms with Gasteiger partial charge >= 0.3 is 0 Å². The van der Waals surface area contributed by atoms with Crippen LogP contribution in [-0.2, 0) is 5.41 Å². The van der Waals surface area contributed by atoms with E-state index in [4.69, 9.17) is 0 Å². The van der Waals surface area contributed by atoms with Crippen LogP contribution < -0.4 is 4.90 Å². The van der Waals surface area contributed by atoms with Gasteiger partial charge in [-0.25, -0.2) is 0 Å². The van der Waals surface area contributed by atoms with Crippen molar-refractivity contribution in [2.45, 2.75) is 44.1 Å². The molecule has 282 valence electrons. The number of aromatic nitrogens is 1. The van der Waals surface area contributed by atoms with Gasteiger partial charge in [0.1, 0.15) is 0 Å². The van der Waals surface area contributed by atoms with Gasteiger partial charge in [-0.05, 0) is 123 Å². The van der Waals surface area contributed by atoms with E-state index < -0.39 is 0 Å². The monoisotopic (exact) mass is 756 g/mol. The second-order valence-corrected chi connectivity index (χ2v) is 17.2. The van der Waals surface area contributed by atoms with Crippen LogP contribution in [0, 0.1) is 0 Å². The first-order valence-corrected chi connectivity index (χ1v) is 21.1. The standard InChI is InChI=1S/C57H44N2/c1-57(2)51-19-11-9-17-45(51)47-35-50-46-18-10-12-20-53(46)59(56(50)36-52(47)57)44-29-23-40(24-30-44)39-21-27-43(28-22-39)58-54-31-25-41(37-13-5-3-6-14-37)33-48(54)49-34-42(26-32-55(49)58)38-15-7-4-8-16-38/h3-19,21,23-36,39,53H,20,22H2,1-2H3. The van der Waals surface area contributed by atoms with E-state index in [0.29, 0.717) is 12.0 Å². The molecule has 2 atom stereocenters. The number of nitrogens with zero attached hydrogens (tertiary/aromatic N) is 2. The molecule has 1 aromatic heterocycles. The van der Waals surface area contributed by atoms with Crippen molar-refractivity contribution in [2.75, 3.05) is 4.90 Å². The number of anilines is 2. The summed E-state index contributed by atoms with van der Waals surface area (Å²) >= 11 is 0. The lowest BCUT2D eigenvalue weighted by Gasteiger charge is -2.30. The van der Waals surface area contributed by atoms with Crippen LogP contribution in [-0.4, -0.2) is 10.6 Å². The maximum atomic E-state index is 2.61. The van der Waals surface area contributed by atoms with E-state index in [1.807, 2.05) is 0 Å². The molecule has 4 aliphatic rings. The maximum Gasteiger partial charge on any atom is 0.0632 e. The summed E-state index contributed by atoms with van der Waals surface area (Å²) in [6, 6.07) is 59.1. The molecule has 0 N–H and O–H groups in total. The zero-order chi connectivity index (χ0) is 39.2. The molecule has 2 nitrogen and oxygen atoms in total. The number of rotatable bonds is 5. The maximum absolute atomic E-state index is 2.61. The van der Waals surface area contributed by atoms with E-state index in [9.17, 15) is 0 Å². The Balaban J connectivity index is 0.876. The van der Waals surface area contributed by atoms with Crippen LogP contribution in [0.3, 0.4) is 0 Å². The molecular weight excluding hydrogens is 713 g/mol. The van der Waals surface area contributed by atoms with Gasteiger partial charge < -0.3 is 9.47 Å². The van der Waals surface area contributed by atoms with Crippen LogP contribution in [0.1, 0.15) is 54.9 Å². The van der Waals surface area contributed by atoms with E-state index >= 15 is 0 Å². The van der Waals surface area contributed by atoms with Crippen molar-refractivity contribution in [1.82, 2.24) is 4.57 Å². The molecule has 0 bridgehead atoms. The summed E-state index contributed by atoms with van der Waals surface area (Å²) in [6.07, 6.45) is 16.1. The minimum absolute atomic E-state index is 0.0357. The summed E-state index contributed by atoms with van der Waals surface area (Å²) in [7, 11) is 0. The van der Waals surface area contributed by atoms with Crippen molar-refractivity contribution in [2.24, 2.45) is 0 Å². The van der Waals surface area contributed by atoms with Crippen molar-refractivity contribution >= 4 is 44.5 Å². The van der Waals surface area contributed by atoms with Crippen LogP contribution in [0.25, 0.3) is 66.5 Å². The molecule has 7 aromatic carbocycles. The van der Waals surface area contributed by atoms with Crippen molar-refractivity contribution in [3.05, 3.63) is 216 Å². The van der Waals surface area contributed by atoms with Crippen LogP contribution >= 0.6 is 0 Å². The summed E-state index contributed by atoms with van der Waals surface area (Å²) in [5.41, 5.74) is 21.0. The average molecular weight is 757 g/mol. The second-order valence-electron chi connectivity index (χ2n) is 17.2. The van der Waals surface area contributed by atoms with E-state index in [1.165, 1.54) is 100 Å². The number of hydrogen-bond acceptors (Lipinski definition) is 1. The topological polar surface area (TPSA) is 8.17 Å². The van der Waals surface area contributed by atoms with Gasteiger partial charge in [0, 0.05) is 44.7 Å². The van der Waals surface area contributed by atoms with Crippen molar-refractivity contribution in [1.29, 1.82) is 0 Å². The van der Waals surface area contributed by atoms with Crippen LogP contribution in [0.4, 0.5) is 11.4 Å². The third kappa shape index (κ3) is 5.26. The Labute approximate surface area is 346 Å². The fourth-order valence-electron chi connectivity index (χ4n) is 10.6. The lowest BCUT2D eigenvalue weighted by Crippen LogP contribution is -2.27. The Morgan fingerprint density at radius 3 is 1.88 bits per heavy atom. The van der Waals surface area contributed by atoms with E-state index in [2.05, 4.69) is 217 Å². The van der Waals surface area contributed by atoms with Crippen LogP contribution in [0.5, 0.6) is 0 Å². The molecule has 2 heterocycles. The second kappa shape index (κ2) is 13.1. The smallest absolute Gasteiger partial charge is 0.0632 e. The molecule has 0 radical (unpaired) electrons. The van der Waals surface area contributed by atoms with Gasteiger partial charge in [-0.2, -0.15) is 0 Å². The highest BCUT2D eigenvalue weighted by atomic mass is 15.2. The molecule has 0 spiro atoms. The molecule has 2 unspecified atom stereocenters. The van der Waals surface area contributed by atoms with E-state index in [0.717, 1.165) is 12.8 Å². The van der Waals surface area contributed by atoms with Crippen molar-refractivity contribution in [3.63, 3.8) is 0 Å². The molecular formula is C57H44N2. The minimum Gasteiger partial charge on any atom is -0.333 e. The molecule has 2 heteroatoms. The Kier molecular flexibility index (Phi) is 7.56. The van der Waals surface area contributed by atoms with Gasteiger partial charge in [-0.1, -0.05) is 153 Å². The van der Waals surface area contributed by atoms with Gasteiger partial charge in [0.25, 0.3) is 0 Å². The third-order valence-corrected chi connectivity index (χ3v) is 13.6. The Hall–Kier alpha value is -6.90. The molecule has 0 saturated carbocycles. The Morgan fingerprint density at radius 2 is 1.22 bits per heavy atom. The SMILES string of the molecule is CC1(C)c2ccccc2-c2cc3c(cc21)N(c1ccc(C2C=CC(n4c5ccc(-c6ccccc6)cc5c5cc(-c6ccccc6)ccc54)=CC2)cc1)C1CC=CC=C31. The minimum atomic E-state index is -0.0357. The first-order chi connectivity index (χ1) is 29.0. The highest BCUT2D eigenvalue weighted by molar-refractivity contribution is 6.12. The van der Waals surface area contributed by atoms with Gasteiger partial charge in [0.05, 0.1) is 17.1 Å². The highest BCUT2D eigenvalue weighted by Crippen LogP contribution is 2.55. The summed E-state index contributed by atoms with van der Waals surface area (Å²) in [5.74, 6) is 0.316. The molecule has 59 heavy (non-hydrogen) atoms. The Morgan fingerprint density at radius 1 is 0.559 bits per heavy atom. The van der Waals surface area contributed by atoms with Crippen molar-refractivity contribution in [3.8, 4) is 33.4 Å².